The first-order chi connectivity index (χ1) is 9.77. The van der Waals surface area contributed by atoms with Crippen LogP contribution in [0, 0.1) is 6.92 Å². The van der Waals surface area contributed by atoms with Gasteiger partial charge in [0.05, 0.1) is 22.5 Å². The van der Waals surface area contributed by atoms with Crippen molar-refractivity contribution in [3.05, 3.63) is 53.3 Å². The summed E-state index contributed by atoms with van der Waals surface area (Å²) in [5, 5.41) is 2.46. The number of pyridine rings is 1. The van der Waals surface area contributed by atoms with Crippen LogP contribution in [-0.4, -0.2) is 10.9 Å². The molecule has 0 aliphatic carbocycles. The Hall–Kier alpha value is -2.57. The standard InChI is InChI=1S/C14H12F3N3O/c1-8-4-9(7-19-6-8)13(21)20-12-3-2-10(5-11(12)18)14(15,16)17/h2-7H,18H2,1H3,(H,20,21). The minimum atomic E-state index is -4.48. The number of nitrogens with two attached hydrogens (primary N) is 1. The maximum absolute atomic E-state index is 12.5. The Balaban J connectivity index is 2.22. The zero-order valence-corrected chi connectivity index (χ0v) is 11.0. The molecule has 0 saturated carbocycles. The van der Waals surface area contributed by atoms with E-state index in [-0.39, 0.29) is 11.4 Å². The number of benzene rings is 1. The zero-order chi connectivity index (χ0) is 15.6. The van der Waals surface area contributed by atoms with Gasteiger partial charge in [0.15, 0.2) is 0 Å². The monoisotopic (exact) mass is 295 g/mol. The molecule has 1 heterocycles. The molecule has 3 N–H and O–H groups in total. The predicted octanol–water partition coefficient (Wildman–Crippen LogP) is 3.24. The quantitative estimate of drug-likeness (QED) is 0.836. The number of nitrogens with one attached hydrogen (secondary N) is 1. The average molecular weight is 295 g/mol. The lowest BCUT2D eigenvalue weighted by atomic mass is 10.1. The lowest BCUT2D eigenvalue weighted by molar-refractivity contribution is -0.137. The molecule has 4 nitrogen and oxygen atoms in total. The van der Waals surface area contributed by atoms with Gasteiger partial charge in [-0.25, -0.2) is 0 Å². The van der Waals surface area contributed by atoms with Crippen LogP contribution in [0.1, 0.15) is 21.5 Å². The van der Waals surface area contributed by atoms with Gasteiger partial charge in [0.2, 0.25) is 0 Å². The summed E-state index contributed by atoms with van der Waals surface area (Å²) < 4.78 is 37.6. The third-order valence-corrected chi connectivity index (χ3v) is 2.76. The van der Waals surface area contributed by atoms with Crippen molar-refractivity contribution in [1.29, 1.82) is 0 Å². The molecule has 21 heavy (non-hydrogen) atoms. The molecule has 0 aliphatic rings. The van der Waals surface area contributed by atoms with E-state index < -0.39 is 17.6 Å². The predicted molar refractivity (Wildman–Crippen MR) is 72.8 cm³/mol. The van der Waals surface area contributed by atoms with Crippen LogP contribution in [0.3, 0.4) is 0 Å². The fourth-order valence-electron chi connectivity index (χ4n) is 1.73. The summed E-state index contributed by atoms with van der Waals surface area (Å²) in [6.45, 7) is 1.77. The molecule has 1 aromatic heterocycles. The SMILES string of the molecule is Cc1cncc(C(=O)Nc2ccc(C(F)(F)F)cc2N)c1. The Labute approximate surface area is 118 Å². The van der Waals surface area contributed by atoms with Gasteiger partial charge in [-0.1, -0.05) is 0 Å². The summed E-state index contributed by atoms with van der Waals surface area (Å²) >= 11 is 0. The number of nitrogen functional groups attached to an aromatic ring is 1. The normalized spacial score (nSPS) is 11.2. The van der Waals surface area contributed by atoms with E-state index in [0.717, 1.165) is 23.8 Å². The van der Waals surface area contributed by atoms with Crippen molar-refractivity contribution in [2.45, 2.75) is 13.1 Å². The molecule has 110 valence electrons. The Bertz CT molecular complexity index is 683. The maximum Gasteiger partial charge on any atom is 0.416 e. The second-order valence-electron chi connectivity index (χ2n) is 4.50. The number of alkyl halides is 3. The number of amides is 1. The molecule has 1 amide bonds. The van der Waals surface area contributed by atoms with E-state index >= 15 is 0 Å². The molecule has 0 unspecified atom stereocenters. The van der Waals surface area contributed by atoms with E-state index in [1.807, 2.05) is 0 Å². The van der Waals surface area contributed by atoms with Crippen molar-refractivity contribution in [1.82, 2.24) is 4.98 Å². The molecule has 7 heteroatoms. The number of halogens is 3. The van der Waals surface area contributed by atoms with Gasteiger partial charge in [-0.05, 0) is 36.8 Å². The first kappa shape index (κ1) is 14.8. The van der Waals surface area contributed by atoms with E-state index in [2.05, 4.69) is 10.3 Å². The lowest BCUT2D eigenvalue weighted by Crippen LogP contribution is -2.14. The highest BCUT2D eigenvalue weighted by Crippen LogP contribution is 2.32. The van der Waals surface area contributed by atoms with Crippen LogP contribution in [0.4, 0.5) is 24.5 Å². The molecule has 0 spiro atoms. The number of aryl methyl sites for hydroxylation is 1. The Morgan fingerprint density at radius 2 is 1.95 bits per heavy atom. The highest BCUT2D eigenvalue weighted by Gasteiger charge is 2.30. The first-order valence-electron chi connectivity index (χ1n) is 5.97. The van der Waals surface area contributed by atoms with Gasteiger partial charge in [0, 0.05) is 12.4 Å². The van der Waals surface area contributed by atoms with Crippen molar-refractivity contribution < 1.29 is 18.0 Å². The number of nitrogens with zero attached hydrogens (tertiary/aromatic N) is 1. The average Bonchev–Trinajstić information content (AvgIpc) is 2.39. The van der Waals surface area contributed by atoms with E-state index in [1.54, 1.807) is 19.2 Å². The smallest absolute Gasteiger partial charge is 0.397 e. The van der Waals surface area contributed by atoms with Gasteiger partial charge in [0.1, 0.15) is 0 Å². The Morgan fingerprint density at radius 3 is 2.52 bits per heavy atom. The molecular formula is C14H12F3N3O. The van der Waals surface area contributed by atoms with Crippen molar-refractivity contribution in [2.24, 2.45) is 0 Å². The zero-order valence-electron chi connectivity index (χ0n) is 11.0. The number of hydrogen-bond acceptors (Lipinski definition) is 3. The van der Waals surface area contributed by atoms with Crippen molar-refractivity contribution in [3.8, 4) is 0 Å². The van der Waals surface area contributed by atoms with Crippen LogP contribution in [0.2, 0.25) is 0 Å². The van der Waals surface area contributed by atoms with Crippen molar-refractivity contribution in [2.75, 3.05) is 11.1 Å². The highest BCUT2D eigenvalue weighted by molar-refractivity contribution is 6.05. The molecule has 0 fully saturated rings. The molecule has 0 radical (unpaired) electrons. The summed E-state index contributed by atoms with van der Waals surface area (Å²) in [5.41, 5.74) is 5.74. The molecule has 0 saturated heterocycles. The van der Waals surface area contributed by atoms with Crippen LogP contribution in [0.25, 0.3) is 0 Å². The number of hydrogen-bond donors (Lipinski definition) is 2. The maximum atomic E-state index is 12.5. The van der Waals surface area contributed by atoms with Crippen LogP contribution < -0.4 is 11.1 Å². The molecule has 2 aromatic rings. The van der Waals surface area contributed by atoms with E-state index in [4.69, 9.17) is 5.73 Å². The van der Waals surface area contributed by atoms with Crippen LogP contribution in [-0.2, 0) is 6.18 Å². The highest BCUT2D eigenvalue weighted by atomic mass is 19.4. The molecule has 1 aromatic carbocycles. The summed E-state index contributed by atoms with van der Waals surface area (Å²) in [6, 6.07) is 4.38. The van der Waals surface area contributed by atoms with E-state index in [0.29, 0.717) is 5.56 Å². The summed E-state index contributed by atoms with van der Waals surface area (Å²) in [7, 11) is 0. The van der Waals surface area contributed by atoms with Gasteiger partial charge >= 0.3 is 6.18 Å². The summed E-state index contributed by atoms with van der Waals surface area (Å²) in [5.74, 6) is -0.488. The van der Waals surface area contributed by atoms with Crippen molar-refractivity contribution >= 4 is 17.3 Å². The van der Waals surface area contributed by atoms with Gasteiger partial charge in [0.25, 0.3) is 5.91 Å². The first-order valence-corrected chi connectivity index (χ1v) is 5.97. The number of carbonyl (C=O) groups excluding carboxylic acids is 1. The minimum absolute atomic E-state index is 0.120. The molecule has 2 rings (SSSR count). The second kappa shape index (κ2) is 5.43. The Morgan fingerprint density at radius 1 is 1.24 bits per heavy atom. The third kappa shape index (κ3) is 3.50. The molecule has 0 aliphatic heterocycles. The Kier molecular flexibility index (Phi) is 3.84. The molecule has 0 atom stereocenters. The van der Waals surface area contributed by atoms with Gasteiger partial charge in [-0.15, -0.1) is 0 Å². The number of aromatic nitrogens is 1. The van der Waals surface area contributed by atoms with E-state index in [9.17, 15) is 18.0 Å². The molecular weight excluding hydrogens is 283 g/mol. The largest absolute Gasteiger partial charge is 0.416 e. The number of rotatable bonds is 2. The number of anilines is 2. The lowest BCUT2D eigenvalue weighted by Gasteiger charge is -2.12. The van der Waals surface area contributed by atoms with Crippen molar-refractivity contribution in [3.63, 3.8) is 0 Å². The van der Waals surface area contributed by atoms with Gasteiger partial charge in [-0.2, -0.15) is 13.2 Å². The van der Waals surface area contributed by atoms with Crippen LogP contribution in [0.5, 0.6) is 0 Å². The fourth-order valence-corrected chi connectivity index (χ4v) is 1.73. The van der Waals surface area contributed by atoms with Crippen LogP contribution >= 0.6 is 0 Å². The third-order valence-electron chi connectivity index (χ3n) is 2.76. The summed E-state index contributed by atoms with van der Waals surface area (Å²) in [4.78, 5) is 15.8. The molecule has 0 bridgehead atoms. The van der Waals surface area contributed by atoms with Gasteiger partial charge in [-0.3, -0.25) is 9.78 Å². The minimum Gasteiger partial charge on any atom is -0.397 e. The van der Waals surface area contributed by atoms with E-state index in [1.165, 1.54) is 6.20 Å². The summed E-state index contributed by atoms with van der Waals surface area (Å²) in [6.07, 6.45) is -1.52. The van der Waals surface area contributed by atoms with Gasteiger partial charge < -0.3 is 11.1 Å². The van der Waals surface area contributed by atoms with Crippen LogP contribution in [0.15, 0.2) is 36.7 Å². The number of carbonyl (C=O) groups is 1. The topological polar surface area (TPSA) is 68.0 Å². The fraction of sp³-hybridized carbons (Fsp3) is 0.143. The second-order valence-corrected chi connectivity index (χ2v) is 4.50.